The molecule has 1 aromatic heterocycles. The number of nitrogens with zero attached hydrogens (tertiary/aromatic N) is 1. The highest BCUT2D eigenvalue weighted by Gasteiger charge is 1.95. The highest BCUT2D eigenvalue weighted by molar-refractivity contribution is 5.07. The van der Waals surface area contributed by atoms with Crippen LogP contribution in [0.5, 0.6) is 0 Å². The van der Waals surface area contributed by atoms with Gasteiger partial charge in [0.05, 0.1) is 0 Å². The van der Waals surface area contributed by atoms with Crippen LogP contribution in [0, 0.1) is 12.0 Å². The fraction of sp³-hybridized carbons (Fsp3) is 0.444. The van der Waals surface area contributed by atoms with Crippen molar-refractivity contribution in [2.24, 2.45) is 5.92 Å². The number of hydrogen-bond donors (Lipinski definition) is 0. The van der Waals surface area contributed by atoms with Crippen molar-refractivity contribution in [3.8, 4) is 0 Å². The third-order valence-corrected chi connectivity index (χ3v) is 1.30. The average molecular weight is 134 g/mol. The van der Waals surface area contributed by atoms with Gasteiger partial charge in [0.2, 0.25) is 0 Å². The maximum absolute atomic E-state index is 3.98. The van der Waals surface area contributed by atoms with Crippen LogP contribution >= 0.6 is 0 Å². The Balaban J connectivity index is 2.59. The molecule has 0 unspecified atom stereocenters. The first-order valence-electron chi connectivity index (χ1n) is 3.59. The van der Waals surface area contributed by atoms with Crippen LogP contribution in [0.25, 0.3) is 0 Å². The van der Waals surface area contributed by atoms with E-state index in [9.17, 15) is 0 Å². The van der Waals surface area contributed by atoms with Gasteiger partial charge < -0.3 is 0 Å². The van der Waals surface area contributed by atoms with Crippen molar-refractivity contribution in [1.29, 1.82) is 0 Å². The van der Waals surface area contributed by atoms with Gasteiger partial charge in [0.15, 0.2) is 0 Å². The summed E-state index contributed by atoms with van der Waals surface area (Å²) in [7, 11) is 0. The van der Waals surface area contributed by atoms with Crippen LogP contribution < -0.4 is 0 Å². The molecule has 53 valence electrons. The summed E-state index contributed by atoms with van der Waals surface area (Å²) in [6.07, 6.45) is 4.69. The SMILES string of the molecule is CC(C)Cc1c[c]cnc1. The molecule has 0 aliphatic heterocycles. The molecule has 0 aromatic carbocycles. The van der Waals surface area contributed by atoms with E-state index in [0.717, 1.165) is 6.42 Å². The Morgan fingerprint density at radius 1 is 1.60 bits per heavy atom. The lowest BCUT2D eigenvalue weighted by molar-refractivity contribution is 0.645. The summed E-state index contributed by atoms with van der Waals surface area (Å²) in [6.45, 7) is 4.40. The summed E-state index contributed by atoms with van der Waals surface area (Å²) >= 11 is 0. The molecule has 0 aliphatic rings. The maximum Gasteiger partial charge on any atom is 0.0347 e. The molecule has 1 nitrogen and oxygen atoms in total. The Kier molecular flexibility index (Phi) is 2.43. The Bertz CT molecular complexity index is 179. The van der Waals surface area contributed by atoms with E-state index in [1.54, 1.807) is 6.20 Å². The molecule has 1 heterocycles. The molecule has 0 atom stereocenters. The molecule has 1 aromatic rings. The van der Waals surface area contributed by atoms with Gasteiger partial charge in [0, 0.05) is 18.5 Å². The Hall–Kier alpha value is -0.850. The minimum Gasteiger partial charge on any atom is -0.264 e. The first-order valence-corrected chi connectivity index (χ1v) is 3.59. The second-order valence-corrected chi connectivity index (χ2v) is 2.89. The fourth-order valence-electron chi connectivity index (χ4n) is 0.941. The molecular formula is C9H12N. The predicted octanol–water partition coefficient (Wildman–Crippen LogP) is 2.08. The molecule has 1 rings (SSSR count). The summed E-state index contributed by atoms with van der Waals surface area (Å²) in [5.41, 5.74) is 1.28. The fourth-order valence-corrected chi connectivity index (χ4v) is 0.941. The van der Waals surface area contributed by atoms with E-state index in [4.69, 9.17) is 0 Å². The highest BCUT2D eigenvalue weighted by atomic mass is 14.6. The van der Waals surface area contributed by atoms with Gasteiger partial charge in [-0.3, -0.25) is 4.98 Å². The summed E-state index contributed by atoms with van der Waals surface area (Å²) in [4.78, 5) is 3.98. The molecule has 0 saturated heterocycles. The summed E-state index contributed by atoms with van der Waals surface area (Å²) in [6, 6.07) is 4.95. The van der Waals surface area contributed by atoms with Gasteiger partial charge in [-0.15, -0.1) is 0 Å². The topological polar surface area (TPSA) is 12.9 Å². The van der Waals surface area contributed by atoms with Crippen LogP contribution in [0.1, 0.15) is 19.4 Å². The number of hydrogen-bond acceptors (Lipinski definition) is 1. The zero-order valence-corrected chi connectivity index (χ0v) is 6.46. The lowest BCUT2D eigenvalue weighted by Gasteiger charge is -2.01. The quantitative estimate of drug-likeness (QED) is 0.603. The van der Waals surface area contributed by atoms with Gasteiger partial charge in [0.25, 0.3) is 0 Å². The third kappa shape index (κ3) is 2.18. The third-order valence-electron chi connectivity index (χ3n) is 1.30. The van der Waals surface area contributed by atoms with E-state index in [1.807, 2.05) is 12.3 Å². The van der Waals surface area contributed by atoms with Crippen molar-refractivity contribution in [2.75, 3.05) is 0 Å². The van der Waals surface area contributed by atoms with E-state index < -0.39 is 0 Å². The number of aromatic nitrogens is 1. The normalized spacial score (nSPS) is 10.3. The molecule has 0 fully saturated rings. The maximum atomic E-state index is 3.98. The summed E-state index contributed by atoms with van der Waals surface area (Å²) in [5.74, 6) is 0.706. The molecular weight excluding hydrogens is 122 g/mol. The Morgan fingerprint density at radius 3 is 2.90 bits per heavy atom. The lowest BCUT2D eigenvalue weighted by Crippen LogP contribution is -1.93. The molecule has 0 bridgehead atoms. The largest absolute Gasteiger partial charge is 0.264 e. The van der Waals surface area contributed by atoms with Crippen LogP contribution in [0.3, 0.4) is 0 Å². The van der Waals surface area contributed by atoms with Gasteiger partial charge in [-0.2, -0.15) is 0 Å². The van der Waals surface area contributed by atoms with Gasteiger partial charge in [-0.1, -0.05) is 13.8 Å². The molecule has 0 N–H and O–H groups in total. The molecule has 10 heavy (non-hydrogen) atoms. The minimum absolute atomic E-state index is 0.706. The van der Waals surface area contributed by atoms with Crippen molar-refractivity contribution in [3.05, 3.63) is 30.1 Å². The summed E-state index contributed by atoms with van der Waals surface area (Å²) in [5, 5.41) is 0. The van der Waals surface area contributed by atoms with Crippen molar-refractivity contribution < 1.29 is 0 Å². The highest BCUT2D eigenvalue weighted by Crippen LogP contribution is 2.04. The molecule has 0 aliphatic carbocycles. The van der Waals surface area contributed by atoms with Gasteiger partial charge in [-0.05, 0) is 24.0 Å². The van der Waals surface area contributed by atoms with Crippen molar-refractivity contribution >= 4 is 0 Å². The van der Waals surface area contributed by atoms with E-state index >= 15 is 0 Å². The standard InChI is InChI=1S/C9H12N/c1-8(2)6-9-4-3-5-10-7-9/h4-5,7-8H,6H2,1-2H3. The smallest absolute Gasteiger partial charge is 0.0347 e. The van der Waals surface area contributed by atoms with E-state index in [-0.39, 0.29) is 0 Å². The molecule has 1 radical (unpaired) electrons. The van der Waals surface area contributed by atoms with Crippen molar-refractivity contribution in [2.45, 2.75) is 20.3 Å². The Morgan fingerprint density at radius 2 is 2.40 bits per heavy atom. The van der Waals surface area contributed by atoms with Gasteiger partial charge >= 0.3 is 0 Å². The minimum atomic E-state index is 0.706. The van der Waals surface area contributed by atoms with Crippen LogP contribution in [0.4, 0.5) is 0 Å². The number of pyridine rings is 1. The monoisotopic (exact) mass is 134 g/mol. The predicted molar refractivity (Wildman–Crippen MR) is 41.6 cm³/mol. The second kappa shape index (κ2) is 3.35. The van der Waals surface area contributed by atoms with Crippen molar-refractivity contribution in [1.82, 2.24) is 4.98 Å². The molecule has 0 spiro atoms. The second-order valence-electron chi connectivity index (χ2n) is 2.89. The molecule has 0 amide bonds. The van der Waals surface area contributed by atoms with E-state index in [2.05, 4.69) is 24.9 Å². The lowest BCUT2D eigenvalue weighted by atomic mass is 10.1. The Labute approximate surface area is 62.1 Å². The molecule has 0 saturated carbocycles. The van der Waals surface area contributed by atoms with Crippen LogP contribution in [0.15, 0.2) is 18.5 Å². The summed E-state index contributed by atoms with van der Waals surface area (Å²) < 4.78 is 0. The molecule has 1 heteroatoms. The van der Waals surface area contributed by atoms with Crippen LogP contribution in [0.2, 0.25) is 0 Å². The zero-order valence-electron chi connectivity index (χ0n) is 6.46. The zero-order chi connectivity index (χ0) is 7.40. The number of rotatable bonds is 2. The van der Waals surface area contributed by atoms with E-state index in [1.165, 1.54) is 5.56 Å². The first kappa shape index (κ1) is 7.26. The van der Waals surface area contributed by atoms with E-state index in [0.29, 0.717) is 5.92 Å². The van der Waals surface area contributed by atoms with Crippen LogP contribution in [-0.4, -0.2) is 4.98 Å². The van der Waals surface area contributed by atoms with Crippen LogP contribution in [-0.2, 0) is 6.42 Å². The van der Waals surface area contributed by atoms with Crippen molar-refractivity contribution in [3.63, 3.8) is 0 Å². The average Bonchev–Trinajstić information content (AvgIpc) is 1.88. The first-order chi connectivity index (χ1) is 4.79. The van der Waals surface area contributed by atoms with Gasteiger partial charge in [-0.25, -0.2) is 0 Å². The van der Waals surface area contributed by atoms with Gasteiger partial charge in [0.1, 0.15) is 0 Å².